The minimum atomic E-state index is -0.420. The third kappa shape index (κ3) is 3.94. The maximum absolute atomic E-state index is 14.3. The van der Waals surface area contributed by atoms with Gasteiger partial charge in [-0.2, -0.15) is 0 Å². The quantitative estimate of drug-likeness (QED) is 0.346. The number of rotatable bonds is 4. The monoisotopic (exact) mass is 293 g/mol. The van der Waals surface area contributed by atoms with E-state index < -0.39 is 5.82 Å². The highest BCUT2D eigenvalue weighted by Gasteiger charge is 2.26. The molecule has 0 saturated heterocycles. The number of halogens is 1. The summed E-state index contributed by atoms with van der Waals surface area (Å²) in [5.74, 6) is -0.620. The molecule has 1 aliphatic rings. The van der Waals surface area contributed by atoms with E-state index >= 15 is 0 Å². The van der Waals surface area contributed by atoms with E-state index in [0.29, 0.717) is 23.6 Å². The molecule has 0 aliphatic heterocycles. The van der Waals surface area contributed by atoms with Crippen LogP contribution in [0.2, 0.25) is 0 Å². The van der Waals surface area contributed by atoms with E-state index in [9.17, 15) is 4.39 Å². The molecule has 1 aromatic carbocycles. The van der Waals surface area contributed by atoms with Gasteiger partial charge < -0.3 is 16.3 Å². The molecular weight excluding hydrogens is 269 g/mol. The number of nitrogens with two attached hydrogens (primary N) is 1. The molecule has 1 fully saturated rings. The molecule has 1 aliphatic carbocycles. The smallest absolute Gasteiger partial charge is 0.173 e. The maximum Gasteiger partial charge on any atom is 0.173 e. The third-order valence-corrected chi connectivity index (χ3v) is 4.38. The normalized spacial score (nSPS) is 19.7. The van der Waals surface area contributed by atoms with Crippen LogP contribution in [0.3, 0.4) is 0 Å². The van der Waals surface area contributed by atoms with E-state index in [-0.39, 0.29) is 11.4 Å². The fourth-order valence-corrected chi connectivity index (χ4v) is 2.83. The molecule has 5 heteroatoms. The van der Waals surface area contributed by atoms with E-state index in [4.69, 9.17) is 10.9 Å². The van der Waals surface area contributed by atoms with Crippen LogP contribution < -0.4 is 11.1 Å². The molecule has 1 saturated carbocycles. The number of benzene rings is 1. The molecule has 0 bridgehead atoms. The summed E-state index contributed by atoms with van der Waals surface area (Å²) in [4.78, 5) is 0. The van der Waals surface area contributed by atoms with Gasteiger partial charge in [0.2, 0.25) is 0 Å². The minimum Gasteiger partial charge on any atom is -0.409 e. The van der Waals surface area contributed by atoms with Crippen LogP contribution in [0, 0.1) is 11.2 Å². The van der Waals surface area contributed by atoms with Gasteiger partial charge in [0.1, 0.15) is 5.82 Å². The number of oxime groups is 1. The van der Waals surface area contributed by atoms with Gasteiger partial charge in [0, 0.05) is 18.2 Å². The molecule has 0 amide bonds. The highest BCUT2D eigenvalue weighted by Crippen LogP contribution is 2.35. The van der Waals surface area contributed by atoms with E-state index in [1.165, 1.54) is 18.9 Å². The summed E-state index contributed by atoms with van der Waals surface area (Å²) in [6, 6.07) is 5.39. The first-order valence-corrected chi connectivity index (χ1v) is 7.41. The molecule has 0 unspecified atom stereocenters. The average molecular weight is 293 g/mol. The minimum absolute atomic E-state index is 0.140. The summed E-state index contributed by atoms with van der Waals surface area (Å²) in [6.45, 7) is 5.05. The lowest BCUT2D eigenvalue weighted by Crippen LogP contribution is -2.35. The van der Waals surface area contributed by atoms with E-state index in [1.807, 2.05) is 0 Å². The van der Waals surface area contributed by atoms with Crippen molar-refractivity contribution >= 4 is 5.84 Å². The topological polar surface area (TPSA) is 70.6 Å². The second kappa shape index (κ2) is 6.43. The summed E-state index contributed by atoms with van der Waals surface area (Å²) in [5, 5.41) is 14.9. The average Bonchev–Trinajstić information content (AvgIpc) is 2.46. The first-order chi connectivity index (χ1) is 9.93. The third-order valence-electron chi connectivity index (χ3n) is 4.38. The van der Waals surface area contributed by atoms with E-state index in [2.05, 4.69) is 24.3 Å². The highest BCUT2D eigenvalue weighted by atomic mass is 19.1. The second-order valence-corrected chi connectivity index (χ2v) is 6.58. The van der Waals surface area contributed by atoms with Gasteiger partial charge in [0.15, 0.2) is 5.84 Å². The lowest BCUT2D eigenvalue weighted by Gasteiger charge is -2.34. The van der Waals surface area contributed by atoms with Gasteiger partial charge in [0.25, 0.3) is 0 Å². The molecule has 116 valence electrons. The number of hydrogen-bond donors (Lipinski definition) is 3. The van der Waals surface area contributed by atoms with Gasteiger partial charge in [-0.1, -0.05) is 31.1 Å². The number of nitrogens with one attached hydrogen (secondary N) is 1. The Labute approximate surface area is 125 Å². The Morgan fingerprint density at radius 3 is 2.71 bits per heavy atom. The first-order valence-electron chi connectivity index (χ1n) is 7.41. The summed E-state index contributed by atoms with van der Waals surface area (Å²) in [6.07, 6.45) is 4.62. The van der Waals surface area contributed by atoms with Gasteiger partial charge >= 0.3 is 0 Å². The fourth-order valence-electron chi connectivity index (χ4n) is 2.83. The molecule has 4 N–H and O–H groups in total. The van der Waals surface area contributed by atoms with Crippen LogP contribution in [-0.4, -0.2) is 17.1 Å². The molecule has 21 heavy (non-hydrogen) atoms. The SMILES string of the molecule is CC1(C)CCC(NCc2cccc(/C(N)=N/O)c2F)CC1. The molecule has 2 rings (SSSR count). The molecule has 0 atom stereocenters. The van der Waals surface area contributed by atoms with Crippen LogP contribution in [0.15, 0.2) is 23.4 Å². The zero-order valence-electron chi connectivity index (χ0n) is 12.7. The van der Waals surface area contributed by atoms with Crippen LogP contribution in [0.5, 0.6) is 0 Å². The van der Waals surface area contributed by atoms with E-state index in [1.54, 1.807) is 12.1 Å². The number of nitrogens with zero attached hydrogens (tertiary/aromatic N) is 1. The second-order valence-electron chi connectivity index (χ2n) is 6.58. The van der Waals surface area contributed by atoms with Gasteiger partial charge in [-0.25, -0.2) is 4.39 Å². The molecule has 1 aromatic rings. The Bertz CT molecular complexity index is 518. The largest absolute Gasteiger partial charge is 0.409 e. The zero-order chi connectivity index (χ0) is 15.5. The summed E-state index contributed by atoms with van der Waals surface area (Å²) in [7, 11) is 0. The molecular formula is C16H24FN3O. The summed E-state index contributed by atoms with van der Waals surface area (Å²) in [5.41, 5.74) is 6.58. The van der Waals surface area contributed by atoms with Gasteiger partial charge in [-0.15, -0.1) is 0 Å². The van der Waals surface area contributed by atoms with Crippen molar-refractivity contribution in [2.24, 2.45) is 16.3 Å². The lowest BCUT2D eigenvalue weighted by atomic mass is 9.75. The highest BCUT2D eigenvalue weighted by molar-refractivity contribution is 5.97. The van der Waals surface area contributed by atoms with Gasteiger partial charge in [0.05, 0.1) is 5.56 Å². The number of amidine groups is 1. The Morgan fingerprint density at radius 2 is 2.10 bits per heavy atom. The fraction of sp³-hybridized carbons (Fsp3) is 0.562. The van der Waals surface area contributed by atoms with Gasteiger partial charge in [-0.3, -0.25) is 0 Å². The molecule has 0 heterocycles. The number of hydrogen-bond acceptors (Lipinski definition) is 3. The van der Waals surface area contributed by atoms with Crippen molar-refractivity contribution in [3.8, 4) is 0 Å². The predicted octanol–water partition coefficient (Wildman–Crippen LogP) is 2.98. The van der Waals surface area contributed by atoms with Crippen molar-refractivity contribution in [2.75, 3.05) is 0 Å². The van der Waals surface area contributed by atoms with Crippen LogP contribution in [-0.2, 0) is 6.54 Å². The van der Waals surface area contributed by atoms with E-state index in [0.717, 1.165) is 12.8 Å². The van der Waals surface area contributed by atoms with Crippen molar-refractivity contribution < 1.29 is 9.60 Å². The van der Waals surface area contributed by atoms with Crippen LogP contribution in [0.1, 0.15) is 50.7 Å². The predicted molar refractivity (Wildman–Crippen MR) is 81.8 cm³/mol. The Hall–Kier alpha value is -1.62. The maximum atomic E-state index is 14.3. The Kier molecular flexibility index (Phi) is 4.83. The van der Waals surface area contributed by atoms with Crippen LogP contribution in [0.4, 0.5) is 4.39 Å². The first kappa shape index (κ1) is 15.8. The van der Waals surface area contributed by atoms with Crippen molar-refractivity contribution in [1.29, 1.82) is 0 Å². The lowest BCUT2D eigenvalue weighted by molar-refractivity contribution is 0.205. The van der Waals surface area contributed by atoms with Crippen molar-refractivity contribution in [3.05, 3.63) is 35.1 Å². The Morgan fingerprint density at radius 1 is 1.43 bits per heavy atom. The van der Waals surface area contributed by atoms with Crippen molar-refractivity contribution in [3.63, 3.8) is 0 Å². The molecule has 0 radical (unpaired) electrons. The van der Waals surface area contributed by atoms with Crippen molar-refractivity contribution in [2.45, 2.75) is 52.1 Å². The van der Waals surface area contributed by atoms with Crippen LogP contribution >= 0.6 is 0 Å². The molecule has 0 aromatic heterocycles. The summed E-state index contributed by atoms with van der Waals surface area (Å²) >= 11 is 0. The van der Waals surface area contributed by atoms with Crippen molar-refractivity contribution in [1.82, 2.24) is 5.32 Å². The molecule has 0 spiro atoms. The summed E-state index contributed by atoms with van der Waals surface area (Å²) < 4.78 is 14.3. The Balaban J connectivity index is 1.98. The van der Waals surface area contributed by atoms with Crippen LogP contribution in [0.25, 0.3) is 0 Å². The molecule has 4 nitrogen and oxygen atoms in total. The van der Waals surface area contributed by atoms with Gasteiger partial charge in [-0.05, 0) is 37.2 Å². The standard InChI is InChI=1S/C16H24FN3O/c1-16(2)8-6-12(7-9-16)19-10-11-4-3-5-13(14(11)17)15(18)20-21/h3-5,12,19,21H,6-10H2,1-2H3,(H2,18,20). The zero-order valence-corrected chi connectivity index (χ0v) is 12.7.